The molecule has 1 N–H and O–H groups in total. The zero-order valence-corrected chi connectivity index (χ0v) is 13.1. The van der Waals surface area contributed by atoms with E-state index in [1.54, 1.807) is 4.90 Å². The van der Waals surface area contributed by atoms with Crippen LogP contribution in [0, 0.1) is 5.41 Å². The minimum atomic E-state index is -2.99. The molecule has 23 heavy (non-hydrogen) atoms. The van der Waals surface area contributed by atoms with Crippen LogP contribution in [0.3, 0.4) is 0 Å². The Morgan fingerprint density at radius 1 is 1.43 bits per heavy atom. The molecule has 2 heterocycles. The number of hydrogen-bond acceptors (Lipinski definition) is 3. The van der Waals surface area contributed by atoms with Gasteiger partial charge in [-0.15, -0.1) is 0 Å². The molecule has 2 aliphatic heterocycles. The van der Waals surface area contributed by atoms with Crippen molar-refractivity contribution in [1.82, 2.24) is 4.90 Å². The maximum Gasteiger partial charge on any atom is 0.387 e. The van der Waals surface area contributed by atoms with Crippen LogP contribution >= 0.6 is 11.6 Å². The molecule has 1 unspecified atom stereocenters. The van der Waals surface area contributed by atoms with Crippen molar-refractivity contribution in [3.05, 3.63) is 23.2 Å². The van der Waals surface area contributed by atoms with Crippen molar-refractivity contribution in [2.24, 2.45) is 5.41 Å². The summed E-state index contributed by atoms with van der Waals surface area (Å²) in [5, 5.41) is 2.87. The van der Waals surface area contributed by atoms with E-state index in [9.17, 15) is 13.6 Å². The fraction of sp³-hybridized carbons (Fsp3) is 0.533. The van der Waals surface area contributed by atoms with Gasteiger partial charge in [0.05, 0.1) is 12.3 Å². The van der Waals surface area contributed by atoms with Gasteiger partial charge < -0.3 is 19.7 Å². The first-order valence-corrected chi connectivity index (χ1v) is 7.73. The molecule has 0 aromatic heterocycles. The number of rotatable bonds is 3. The van der Waals surface area contributed by atoms with Crippen LogP contribution in [0.15, 0.2) is 18.2 Å². The predicted octanol–water partition coefficient (Wildman–Crippen LogP) is 3.59. The third-order valence-electron chi connectivity index (χ3n) is 4.31. The summed E-state index contributed by atoms with van der Waals surface area (Å²) in [6.07, 6.45) is 1.83. The summed E-state index contributed by atoms with van der Waals surface area (Å²) < 4.78 is 34.8. The molecule has 1 spiro atoms. The number of benzene rings is 1. The van der Waals surface area contributed by atoms with Gasteiger partial charge in [-0.3, -0.25) is 0 Å². The maximum atomic E-state index is 12.5. The first-order chi connectivity index (χ1) is 11.0. The fourth-order valence-corrected chi connectivity index (χ4v) is 3.23. The molecule has 1 atom stereocenters. The molecule has 2 amide bonds. The van der Waals surface area contributed by atoms with Gasteiger partial charge in [0.15, 0.2) is 5.75 Å². The standard InChI is InChI=1S/C15H17ClF2N2O3/c16-10-1-2-11(12(7-10)23-13(17)18)19-14(21)20-5-3-15(8-20)4-6-22-9-15/h1-2,7,13H,3-6,8-9H2,(H,19,21). The minimum absolute atomic E-state index is 0.0413. The van der Waals surface area contributed by atoms with E-state index in [0.717, 1.165) is 19.4 Å². The van der Waals surface area contributed by atoms with Crippen LogP contribution in [-0.2, 0) is 4.74 Å². The predicted molar refractivity (Wildman–Crippen MR) is 81.2 cm³/mol. The highest BCUT2D eigenvalue weighted by Crippen LogP contribution is 2.38. The zero-order valence-electron chi connectivity index (χ0n) is 12.4. The first kappa shape index (κ1) is 16.3. The molecular formula is C15H17ClF2N2O3. The van der Waals surface area contributed by atoms with Crippen molar-refractivity contribution in [1.29, 1.82) is 0 Å². The number of hydrogen-bond donors (Lipinski definition) is 1. The van der Waals surface area contributed by atoms with E-state index in [1.165, 1.54) is 18.2 Å². The molecule has 1 aromatic rings. The van der Waals surface area contributed by atoms with Gasteiger partial charge in [0.25, 0.3) is 0 Å². The lowest BCUT2D eigenvalue weighted by Crippen LogP contribution is -2.35. The van der Waals surface area contributed by atoms with Gasteiger partial charge in [-0.1, -0.05) is 11.6 Å². The average molecular weight is 347 g/mol. The lowest BCUT2D eigenvalue weighted by molar-refractivity contribution is -0.0493. The number of carbonyl (C=O) groups excluding carboxylic acids is 1. The lowest BCUT2D eigenvalue weighted by Gasteiger charge is -2.22. The van der Waals surface area contributed by atoms with Gasteiger partial charge in [-0.25, -0.2) is 4.79 Å². The van der Waals surface area contributed by atoms with Gasteiger partial charge in [0, 0.05) is 36.2 Å². The molecule has 0 radical (unpaired) electrons. The van der Waals surface area contributed by atoms with E-state index in [-0.39, 0.29) is 27.9 Å². The van der Waals surface area contributed by atoms with Gasteiger partial charge >= 0.3 is 12.6 Å². The van der Waals surface area contributed by atoms with Crippen molar-refractivity contribution < 1.29 is 23.0 Å². The number of urea groups is 1. The Hall–Kier alpha value is -1.60. The van der Waals surface area contributed by atoms with Crippen molar-refractivity contribution in [3.63, 3.8) is 0 Å². The summed E-state index contributed by atoms with van der Waals surface area (Å²) >= 11 is 5.78. The highest BCUT2D eigenvalue weighted by atomic mass is 35.5. The number of likely N-dealkylation sites (tertiary alicyclic amines) is 1. The third kappa shape index (κ3) is 3.67. The van der Waals surface area contributed by atoms with E-state index >= 15 is 0 Å². The third-order valence-corrected chi connectivity index (χ3v) is 4.55. The van der Waals surface area contributed by atoms with Gasteiger partial charge in [-0.2, -0.15) is 8.78 Å². The van der Waals surface area contributed by atoms with Crippen molar-refractivity contribution in [3.8, 4) is 5.75 Å². The molecule has 0 saturated carbocycles. The quantitative estimate of drug-likeness (QED) is 0.910. The van der Waals surface area contributed by atoms with Crippen LogP contribution in [0.5, 0.6) is 5.75 Å². The molecule has 2 fully saturated rings. The molecule has 126 valence electrons. The topological polar surface area (TPSA) is 50.8 Å². The number of alkyl halides is 2. The second kappa shape index (κ2) is 6.49. The summed E-state index contributed by atoms with van der Waals surface area (Å²) in [5.41, 5.74) is 0.211. The zero-order chi connectivity index (χ0) is 16.4. The Kier molecular flexibility index (Phi) is 4.59. The molecule has 8 heteroatoms. The summed E-state index contributed by atoms with van der Waals surface area (Å²) in [5.74, 6) is -0.154. The fourth-order valence-electron chi connectivity index (χ4n) is 3.07. The molecule has 5 nitrogen and oxygen atoms in total. The number of nitrogens with one attached hydrogen (secondary N) is 1. The first-order valence-electron chi connectivity index (χ1n) is 7.36. The molecule has 2 saturated heterocycles. The number of amides is 2. The Bertz CT molecular complexity index is 594. The summed E-state index contributed by atoms with van der Waals surface area (Å²) in [4.78, 5) is 14.1. The van der Waals surface area contributed by atoms with Crippen LogP contribution in [-0.4, -0.2) is 43.8 Å². The van der Waals surface area contributed by atoms with Crippen molar-refractivity contribution in [2.45, 2.75) is 19.5 Å². The minimum Gasteiger partial charge on any atom is -0.433 e. The van der Waals surface area contributed by atoms with Crippen LogP contribution in [0.2, 0.25) is 5.02 Å². The van der Waals surface area contributed by atoms with Crippen molar-refractivity contribution >= 4 is 23.3 Å². The molecule has 0 aliphatic carbocycles. The van der Waals surface area contributed by atoms with E-state index in [1.807, 2.05) is 0 Å². The van der Waals surface area contributed by atoms with Crippen LogP contribution in [0.1, 0.15) is 12.8 Å². The number of anilines is 1. The Balaban J connectivity index is 1.68. The largest absolute Gasteiger partial charge is 0.433 e. The second-order valence-electron chi connectivity index (χ2n) is 5.92. The van der Waals surface area contributed by atoms with Gasteiger partial charge in [0.1, 0.15) is 0 Å². The summed E-state index contributed by atoms with van der Waals surface area (Å²) in [7, 11) is 0. The number of ether oxygens (including phenoxy) is 2. The van der Waals surface area contributed by atoms with Crippen LogP contribution in [0.4, 0.5) is 19.3 Å². The van der Waals surface area contributed by atoms with Crippen molar-refractivity contribution in [2.75, 3.05) is 31.6 Å². The highest BCUT2D eigenvalue weighted by molar-refractivity contribution is 6.30. The van der Waals surface area contributed by atoms with E-state index < -0.39 is 6.61 Å². The molecule has 3 rings (SSSR count). The van der Waals surface area contributed by atoms with E-state index in [4.69, 9.17) is 16.3 Å². The normalized spacial score (nSPS) is 23.7. The average Bonchev–Trinajstić information content (AvgIpc) is 3.12. The number of halogens is 3. The Morgan fingerprint density at radius 3 is 2.96 bits per heavy atom. The maximum absolute atomic E-state index is 12.5. The Labute approximate surface area is 137 Å². The van der Waals surface area contributed by atoms with E-state index in [2.05, 4.69) is 10.1 Å². The highest BCUT2D eigenvalue weighted by Gasteiger charge is 2.42. The summed E-state index contributed by atoms with van der Waals surface area (Å²) in [6.45, 7) is -0.378. The smallest absolute Gasteiger partial charge is 0.387 e. The van der Waals surface area contributed by atoms with Gasteiger partial charge in [0.2, 0.25) is 0 Å². The van der Waals surface area contributed by atoms with Gasteiger partial charge in [-0.05, 0) is 25.0 Å². The number of nitrogens with zero attached hydrogens (tertiary/aromatic N) is 1. The lowest BCUT2D eigenvalue weighted by atomic mass is 9.87. The van der Waals surface area contributed by atoms with Crippen LogP contribution in [0.25, 0.3) is 0 Å². The second-order valence-corrected chi connectivity index (χ2v) is 6.36. The summed E-state index contributed by atoms with van der Waals surface area (Å²) in [6, 6.07) is 3.86. The molecule has 2 aliphatic rings. The monoisotopic (exact) mass is 346 g/mol. The molecule has 1 aromatic carbocycles. The molecule has 0 bridgehead atoms. The number of carbonyl (C=O) groups is 1. The van der Waals surface area contributed by atoms with E-state index in [0.29, 0.717) is 19.7 Å². The molecular weight excluding hydrogens is 330 g/mol. The van der Waals surface area contributed by atoms with Crippen LogP contribution < -0.4 is 10.1 Å². The Morgan fingerprint density at radius 2 is 2.26 bits per heavy atom. The SMILES string of the molecule is O=C(Nc1ccc(Cl)cc1OC(F)F)N1CCC2(CCOC2)C1.